The van der Waals surface area contributed by atoms with Crippen molar-refractivity contribution in [1.29, 1.82) is 0 Å². The number of rotatable bonds is 2. The normalized spacial score (nSPS) is 18.0. The Balaban J connectivity index is 2.07. The van der Waals surface area contributed by atoms with Crippen LogP contribution in [-0.4, -0.2) is 35.1 Å². The summed E-state index contributed by atoms with van der Waals surface area (Å²) in [5.41, 5.74) is -0.127. The van der Waals surface area contributed by atoms with Gasteiger partial charge in [-0.3, -0.25) is 9.69 Å². The number of nitrogens with zero attached hydrogens (tertiary/aromatic N) is 1. The quantitative estimate of drug-likeness (QED) is 0.855. The van der Waals surface area contributed by atoms with E-state index < -0.39 is 17.7 Å². The van der Waals surface area contributed by atoms with Crippen LogP contribution in [0, 0.1) is 0 Å². The van der Waals surface area contributed by atoms with Crippen LogP contribution in [0.5, 0.6) is 0 Å². The summed E-state index contributed by atoms with van der Waals surface area (Å²) < 4.78 is 5.36. The molecule has 1 aromatic carbocycles. The second-order valence-corrected chi connectivity index (χ2v) is 7.29. The summed E-state index contributed by atoms with van der Waals surface area (Å²) in [5, 5.41) is 3.59. The lowest BCUT2D eigenvalue weighted by atomic mass is 10.2. The largest absolute Gasteiger partial charge is 0.444 e. The summed E-state index contributed by atoms with van der Waals surface area (Å²) in [6, 6.07) is 4.27. The van der Waals surface area contributed by atoms with Crippen molar-refractivity contribution in [2.24, 2.45) is 0 Å². The molecule has 0 unspecified atom stereocenters. The second kappa shape index (κ2) is 6.97. The van der Waals surface area contributed by atoms with Gasteiger partial charge in [0.1, 0.15) is 11.6 Å². The molecule has 1 N–H and O–H groups in total. The highest BCUT2D eigenvalue weighted by atomic mass is 35.5. The van der Waals surface area contributed by atoms with E-state index in [4.69, 9.17) is 27.9 Å². The van der Waals surface area contributed by atoms with Crippen LogP contribution < -0.4 is 5.32 Å². The van der Waals surface area contributed by atoms with E-state index in [-0.39, 0.29) is 5.91 Å². The highest BCUT2D eigenvalue weighted by Gasteiger charge is 2.36. The third-order valence-corrected chi connectivity index (χ3v) is 3.92. The fourth-order valence-electron chi connectivity index (χ4n) is 2.39. The van der Waals surface area contributed by atoms with Gasteiger partial charge in [0, 0.05) is 11.6 Å². The maximum absolute atomic E-state index is 12.5. The molecule has 0 radical (unpaired) electrons. The average molecular weight is 359 g/mol. The first-order valence-corrected chi connectivity index (χ1v) is 8.18. The van der Waals surface area contributed by atoms with Gasteiger partial charge in [-0.2, -0.15) is 0 Å². The Labute approximate surface area is 145 Å². The molecule has 2 amide bonds. The van der Waals surface area contributed by atoms with Gasteiger partial charge >= 0.3 is 6.09 Å². The molecule has 5 nitrogen and oxygen atoms in total. The minimum Gasteiger partial charge on any atom is -0.444 e. The van der Waals surface area contributed by atoms with E-state index in [0.717, 1.165) is 6.42 Å². The molecular weight excluding hydrogens is 339 g/mol. The molecule has 23 heavy (non-hydrogen) atoms. The zero-order chi connectivity index (χ0) is 17.2. The van der Waals surface area contributed by atoms with Crippen molar-refractivity contribution < 1.29 is 14.3 Å². The standard InChI is InChI=1S/C16H20Cl2N2O3/c1-16(2,3)23-15(22)20-8-4-5-13(20)14(21)19-12-7-6-10(17)9-11(12)18/h6-7,9,13H,4-5,8H2,1-3H3,(H,19,21)/t13-/m0/s1. The molecule has 0 aromatic heterocycles. The van der Waals surface area contributed by atoms with Gasteiger partial charge in [0.05, 0.1) is 10.7 Å². The van der Waals surface area contributed by atoms with Crippen LogP contribution in [0.4, 0.5) is 10.5 Å². The number of halogens is 2. The summed E-state index contributed by atoms with van der Waals surface area (Å²) in [6.45, 7) is 5.89. The van der Waals surface area contributed by atoms with Crippen molar-refractivity contribution in [1.82, 2.24) is 4.90 Å². The molecule has 0 saturated carbocycles. The Morgan fingerprint density at radius 1 is 1.30 bits per heavy atom. The van der Waals surface area contributed by atoms with Gasteiger partial charge in [-0.1, -0.05) is 23.2 Å². The van der Waals surface area contributed by atoms with Gasteiger partial charge in [0.25, 0.3) is 0 Å². The molecule has 0 bridgehead atoms. The third-order valence-electron chi connectivity index (χ3n) is 3.37. The van der Waals surface area contributed by atoms with Gasteiger partial charge in [0.15, 0.2) is 0 Å². The fraction of sp³-hybridized carbons (Fsp3) is 0.500. The van der Waals surface area contributed by atoms with Crippen molar-refractivity contribution in [2.75, 3.05) is 11.9 Å². The van der Waals surface area contributed by atoms with E-state index in [9.17, 15) is 9.59 Å². The Bertz CT molecular complexity index is 614. The Hall–Kier alpha value is -1.46. The highest BCUT2D eigenvalue weighted by molar-refractivity contribution is 6.36. The molecule has 0 aliphatic carbocycles. The van der Waals surface area contributed by atoms with Crippen molar-refractivity contribution in [3.63, 3.8) is 0 Å². The number of amides is 2. The van der Waals surface area contributed by atoms with E-state index >= 15 is 0 Å². The molecular formula is C16H20Cl2N2O3. The zero-order valence-electron chi connectivity index (χ0n) is 13.4. The summed E-state index contributed by atoms with van der Waals surface area (Å²) in [4.78, 5) is 26.2. The van der Waals surface area contributed by atoms with E-state index in [2.05, 4.69) is 5.32 Å². The van der Waals surface area contributed by atoms with Crippen LogP contribution in [0.2, 0.25) is 10.0 Å². The summed E-state index contributed by atoms with van der Waals surface area (Å²) in [6.07, 6.45) is 0.874. The molecule has 126 valence electrons. The summed E-state index contributed by atoms with van der Waals surface area (Å²) >= 11 is 11.9. The molecule has 7 heteroatoms. The van der Waals surface area contributed by atoms with Gasteiger partial charge in [-0.05, 0) is 51.8 Å². The van der Waals surface area contributed by atoms with Crippen LogP contribution in [0.3, 0.4) is 0 Å². The Kier molecular flexibility index (Phi) is 5.42. The van der Waals surface area contributed by atoms with Crippen LogP contribution in [0.15, 0.2) is 18.2 Å². The number of benzene rings is 1. The molecule has 1 fully saturated rings. The molecule has 1 atom stereocenters. The van der Waals surface area contributed by atoms with Gasteiger partial charge in [-0.15, -0.1) is 0 Å². The van der Waals surface area contributed by atoms with E-state index in [1.165, 1.54) is 4.90 Å². The van der Waals surface area contributed by atoms with Crippen LogP contribution in [0.1, 0.15) is 33.6 Å². The van der Waals surface area contributed by atoms with E-state index in [1.807, 2.05) is 0 Å². The molecule has 0 spiro atoms. The topological polar surface area (TPSA) is 58.6 Å². The smallest absolute Gasteiger partial charge is 0.410 e. The average Bonchev–Trinajstić information content (AvgIpc) is 2.89. The number of hydrogen-bond donors (Lipinski definition) is 1. The molecule has 1 aromatic rings. The lowest BCUT2D eigenvalue weighted by molar-refractivity contribution is -0.120. The van der Waals surface area contributed by atoms with Crippen LogP contribution in [-0.2, 0) is 9.53 Å². The van der Waals surface area contributed by atoms with Gasteiger partial charge < -0.3 is 10.1 Å². The third kappa shape index (κ3) is 4.75. The first-order valence-electron chi connectivity index (χ1n) is 7.43. The van der Waals surface area contributed by atoms with Crippen LogP contribution >= 0.6 is 23.2 Å². The number of ether oxygens (including phenoxy) is 1. The van der Waals surface area contributed by atoms with Gasteiger partial charge in [-0.25, -0.2) is 4.79 Å². The maximum atomic E-state index is 12.5. The second-order valence-electron chi connectivity index (χ2n) is 6.45. The lowest BCUT2D eigenvalue weighted by Gasteiger charge is -2.28. The number of carbonyl (C=O) groups excluding carboxylic acids is 2. The molecule has 1 heterocycles. The highest BCUT2D eigenvalue weighted by Crippen LogP contribution is 2.27. The van der Waals surface area contributed by atoms with Crippen LogP contribution in [0.25, 0.3) is 0 Å². The number of carbonyl (C=O) groups is 2. The number of nitrogens with one attached hydrogen (secondary N) is 1. The molecule has 1 aliphatic rings. The number of hydrogen-bond acceptors (Lipinski definition) is 3. The van der Waals surface area contributed by atoms with Crippen molar-refractivity contribution >= 4 is 40.9 Å². The van der Waals surface area contributed by atoms with Gasteiger partial charge in [0.2, 0.25) is 5.91 Å². The minimum absolute atomic E-state index is 0.280. The maximum Gasteiger partial charge on any atom is 0.410 e. The number of anilines is 1. The lowest BCUT2D eigenvalue weighted by Crippen LogP contribution is -2.45. The van der Waals surface area contributed by atoms with Crippen molar-refractivity contribution in [2.45, 2.75) is 45.3 Å². The monoisotopic (exact) mass is 358 g/mol. The van der Waals surface area contributed by atoms with E-state index in [1.54, 1.807) is 39.0 Å². The summed E-state index contributed by atoms with van der Waals surface area (Å²) in [5.74, 6) is -0.280. The van der Waals surface area contributed by atoms with Crippen molar-refractivity contribution in [3.8, 4) is 0 Å². The predicted molar refractivity (Wildman–Crippen MR) is 91.1 cm³/mol. The van der Waals surface area contributed by atoms with Crippen molar-refractivity contribution in [3.05, 3.63) is 28.2 Å². The SMILES string of the molecule is CC(C)(C)OC(=O)N1CCC[C@H]1C(=O)Nc1ccc(Cl)cc1Cl. The summed E-state index contributed by atoms with van der Waals surface area (Å²) in [7, 11) is 0. The Morgan fingerprint density at radius 2 is 2.00 bits per heavy atom. The fourth-order valence-corrected chi connectivity index (χ4v) is 2.84. The zero-order valence-corrected chi connectivity index (χ0v) is 14.9. The molecule has 2 rings (SSSR count). The predicted octanol–water partition coefficient (Wildman–Crippen LogP) is 4.33. The molecule has 1 aliphatic heterocycles. The molecule has 1 saturated heterocycles. The first kappa shape index (κ1) is 17.9. The first-order chi connectivity index (χ1) is 10.7. The Morgan fingerprint density at radius 3 is 2.61 bits per heavy atom. The minimum atomic E-state index is -0.597. The number of likely N-dealkylation sites (tertiary alicyclic amines) is 1. The van der Waals surface area contributed by atoms with E-state index in [0.29, 0.717) is 28.7 Å².